The zero-order valence-corrected chi connectivity index (χ0v) is 9.04. The molecule has 0 spiro atoms. The van der Waals surface area contributed by atoms with Crippen LogP contribution in [0.1, 0.15) is 5.56 Å². The van der Waals surface area contributed by atoms with Crippen LogP contribution in [0.3, 0.4) is 0 Å². The first-order valence-corrected chi connectivity index (χ1v) is 4.80. The molecule has 0 aliphatic heterocycles. The molecule has 17 heavy (non-hydrogen) atoms. The van der Waals surface area contributed by atoms with Crippen LogP contribution in [0.4, 0.5) is 13.2 Å². The van der Waals surface area contributed by atoms with Gasteiger partial charge in [0.05, 0.1) is 5.56 Å². The summed E-state index contributed by atoms with van der Waals surface area (Å²) in [7, 11) is 0. The molecule has 0 saturated heterocycles. The van der Waals surface area contributed by atoms with E-state index in [1.165, 1.54) is 12.1 Å². The number of halogens is 3. The van der Waals surface area contributed by atoms with Gasteiger partial charge in [-0.05, 0) is 17.2 Å². The van der Waals surface area contributed by atoms with Crippen LogP contribution in [0, 0.1) is 0 Å². The first-order valence-electron chi connectivity index (χ1n) is 4.80. The SMILES string of the molecule is FC(F)(F)c1ccccc1-c1ccccc1.N. The van der Waals surface area contributed by atoms with Crippen molar-refractivity contribution in [2.24, 2.45) is 0 Å². The fourth-order valence-corrected chi connectivity index (χ4v) is 1.60. The first-order chi connectivity index (χ1) is 7.59. The minimum Gasteiger partial charge on any atom is -0.344 e. The maximum atomic E-state index is 12.7. The Balaban J connectivity index is 0.00000144. The molecule has 1 nitrogen and oxygen atoms in total. The molecule has 0 aromatic heterocycles. The molecule has 0 fully saturated rings. The second-order valence-electron chi connectivity index (χ2n) is 3.41. The molecule has 0 heterocycles. The van der Waals surface area contributed by atoms with Gasteiger partial charge < -0.3 is 6.15 Å². The third-order valence-electron chi connectivity index (χ3n) is 2.32. The molecule has 90 valence electrons. The van der Waals surface area contributed by atoms with Crippen LogP contribution in [0.25, 0.3) is 11.1 Å². The molecule has 0 saturated carbocycles. The highest BCUT2D eigenvalue weighted by Gasteiger charge is 2.33. The van der Waals surface area contributed by atoms with E-state index in [0.717, 1.165) is 6.07 Å². The summed E-state index contributed by atoms with van der Waals surface area (Å²) in [5.74, 6) is 0. The molecule has 2 rings (SSSR count). The van der Waals surface area contributed by atoms with Crippen molar-refractivity contribution < 1.29 is 13.2 Å². The number of benzene rings is 2. The smallest absolute Gasteiger partial charge is 0.344 e. The molecule has 2 aromatic rings. The van der Waals surface area contributed by atoms with Gasteiger partial charge in [0.1, 0.15) is 0 Å². The monoisotopic (exact) mass is 239 g/mol. The third-order valence-corrected chi connectivity index (χ3v) is 2.32. The lowest BCUT2D eigenvalue weighted by molar-refractivity contribution is -0.137. The Labute approximate surface area is 97.5 Å². The summed E-state index contributed by atoms with van der Waals surface area (Å²) in [6, 6.07) is 14.2. The van der Waals surface area contributed by atoms with Gasteiger partial charge in [0, 0.05) is 0 Å². The molecule has 3 N–H and O–H groups in total. The first kappa shape index (κ1) is 13.3. The van der Waals surface area contributed by atoms with Crippen LogP contribution in [0.2, 0.25) is 0 Å². The van der Waals surface area contributed by atoms with Crippen molar-refractivity contribution in [1.29, 1.82) is 0 Å². The lowest BCUT2D eigenvalue weighted by Crippen LogP contribution is -2.06. The number of alkyl halides is 3. The van der Waals surface area contributed by atoms with E-state index >= 15 is 0 Å². The standard InChI is InChI=1S/C13H9F3.H3N/c14-13(15,16)12-9-5-4-8-11(12)10-6-2-1-3-7-10;/h1-9H;1H3. The Morgan fingerprint density at radius 3 is 1.82 bits per heavy atom. The van der Waals surface area contributed by atoms with Gasteiger partial charge in [-0.3, -0.25) is 0 Å². The van der Waals surface area contributed by atoms with Gasteiger partial charge in [-0.15, -0.1) is 0 Å². The highest BCUT2D eigenvalue weighted by atomic mass is 19.4. The van der Waals surface area contributed by atoms with E-state index in [1.807, 2.05) is 0 Å². The van der Waals surface area contributed by atoms with E-state index in [4.69, 9.17) is 0 Å². The summed E-state index contributed by atoms with van der Waals surface area (Å²) < 4.78 is 38.2. The van der Waals surface area contributed by atoms with E-state index < -0.39 is 11.7 Å². The molecule has 0 amide bonds. The summed E-state index contributed by atoms with van der Waals surface area (Å²) in [4.78, 5) is 0. The molecule has 4 heteroatoms. The topological polar surface area (TPSA) is 35.0 Å². The van der Waals surface area contributed by atoms with Crippen LogP contribution in [0.15, 0.2) is 54.6 Å². The van der Waals surface area contributed by atoms with Crippen molar-refractivity contribution >= 4 is 0 Å². The van der Waals surface area contributed by atoms with Crippen molar-refractivity contribution in [2.75, 3.05) is 0 Å². The Hall–Kier alpha value is -1.81. The Kier molecular flexibility index (Phi) is 3.91. The molecule has 0 aliphatic carbocycles. The fourth-order valence-electron chi connectivity index (χ4n) is 1.60. The Morgan fingerprint density at radius 1 is 0.706 bits per heavy atom. The number of rotatable bonds is 1. The van der Waals surface area contributed by atoms with Gasteiger partial charge in [-0.25, -0.2) is 0 Å². The lowest BCUT2D eigenvalue weighted by Gasteiger charge is -2.12. The largest absolute Gasteiger partial charge is 0.417 e. The molecule has 0 atom stereocenters. The predicted octanol–water partition coefficient (Wildman–Crippen LogP) is 4.53. The van der Waals surface area contributed by atoms with Crippen molar-refractivity contribution in [3.05, 3.63) is 60.2 Å². The van der Waals surface area contributed by atoms with E-state index in [2.05, 4.69) is 0 Å². The van der Waals surface area contributed by atoms with E-state index in [9.17, 15) is 13.2 Å². The van der Waals surface area contributed by atoms with Gasteiger partial charge in [-0.2, -0.15) is 13.2 Å². The van der Waals surface area contributed by atoms with Crippen molar-refractivity contribution in [3.63, 3.8) is 0 Å². The van der Waals surface area contributed by atoms with Gasteiger partial charge in [-0.1, -0.05) is 48.5 Å². The number of hydrogen-bond donors (Lipinski definition) is 1. The molecule has 0 bridgehead atoms. The van der Waals surface area contributed by atoms with Crippen molar-refractivity contribution in [1.82, 2.24) is 6.15 Å². The molecule has 2 aromatic carbocycles. The van der Waals surface area contributed by atoms with Crippen LogP contribution < -0.4 is 6.15 Å². The molecular formula is C13H12F3N. The minimum absolute atomic E-state index is 0. The zero-order valence-electron chi connectivity index (χ0n) is 9.04. The van der Waals surface area contributed by atoms with Crippen LogP contribution in [0.5, 0.6) is 0 Å². The van der Waals surface area contributed by atoms with Crippen LogP contribution in [-0.4, -0.2) is 0 Å². The second-order valence-corrected chi connectivity index (χ2v) is 3.41. The highest BCUT2D eigenvalue weighted by Crippen LogP contribution is 2.36. The maximum absolute atomic E-state index is 12.7. The molecule has 0 aliphatic rings. The van der Waals surface area contributed by atoms with E-state index in [-0.39, 0.29) is 11.7 Å². The van der Waals surface area contributed by atoms with Crippen LogP contribution in [-0.2, 0) is 6.18 Å². The fraction of sp³-hybridized carbons (Fsp3) is 0.0769. The van der Waals surface area contributed by atoms with E-state index in [0.29, 0.717) is 5.56 Å². The number of hydrogen-bond acceptors (Lipinski definition) is 1. The van der Waals surface area contributed by atoms with Crippen molar-refractivity contribution in [2.45, 2.75) is 6.18 Å². The summed E-state index contributed by atoms with van der Waals surface area (Å²) >= 11 is 0. The van der Waals surface area contributed by atoms with Gasteiger partial charge >= 0.3 is 6.18 Å². The quantitative estimate of drug-likeness (QED) is 0.779. The maximum Gasteiger partial charge on any atom is 0.417 e. The van der Waals surface area contributed by atoms with Gasteiger partial charge in [0.2, 0.25) is 0 Å². The van der Waals surface area contributed by atoms with Gasteiger partial charge in [0.15, 0.2) is 0 Å². The normalized spacial score (nSPS) is 10.8. The predicted molar refractivity (Wildman–Crippen MR) is 61.9 cm³/mol. The lowest BCUT2D eigenvalue weighted by atomic mass is 9.99. The Bertz CT molecular complexity index is 478. The summed E-state index contributed by atoms with van der Waals surface area (Å²) in [6.07, 6.45) is -4.31. The third kappa shape index (κ3) is 2.85. The van der Waals surface area contributed by atoms with Gasteiger partial charge in [0.25, 0.3) is 0 Å². The average molecular weight is 239 g/mol. The molecule has 0 unspecified atom stereocenters. The Morgan fingerprint density at radius 2 is 1.24 bits per heavy atom. The minimum atomic E-state index is -4.31. The van der Waals surface area contributed by atoms with E-state index in [1.54, 1.807) is 36.4 Å². The summed E-state index contributed by atoms with van der Waals surface area (Å²) in [5.41, 5.74) is 0.201. The molecular weight excluding hydrogens is 227 g/mol. The summed E-state index contributed by atoms with van der Waals surface area (Å²) in [5, 5.41) is 0. The van der Waals surface area contributed by atoms with Crippen molar-refractivity contribution in [3.8, 4) is 11.1 Å². The van der Waals surface area contributed by atoms with Crippen LogP contribution >= 0.6 is 0 Å². The highest BCUT2D eigenvalue weighted by molar-refractivity contribution is 5.67. The average Bonchev–Trinajstić information content (AvgIpc) is 2.29. The summed E-state index contributed by atoms with van der Waals surface area (Å²) in [6.45, 7) is 0. The second kappa shape index (κ2) is 5.01. The molecule has 0 radical (unpaired) electrons. The zero-order chi connectivity index (χ0) is 11.6.